The highest BCUT2D eigenvalue weighted by molar-refractivity contribution is 7.90. The molecule has 11 heteroatoms. The zero-order valence-electron chi connectivity index (χ0n) is 29.7. The number of aryl methyl sites for hydroxylation is 3. The highest BCUT2D eigenvalue weighted by atomic mass is 32.2. The molecule has 0 saturated heterocycles. The molecule has 1 N–H and O–H groups in total. The molecule has 1 aromatic heterocycles. The minimum atomic E-state index is -4.32. The number of unbranched alkanes of at least 4 members (excludes halogenated alkanes) is 1. The fourth-order valence-corrected chi connectivity index (χ4v) is 7.07. The number of imidazole rings is 1. The first-order valence-electron chi connectivity index (χ1n) is 17.6. The topological polar surface area (TPSA) is 117 Å². The van der Waals surface area contributed by atoms with Crippen molar-refractivity contribution in [2.45, 2.75) is 77.2 Å². The van der Waals surface area contributed by atoms with E-state index in [2.05, 4.69) is 0 Å². The summed E-state index contributed by atoms with van der Waals surface area (Å²) in [4.78, 5) is 30.8. The van der Waals surface area contributed by atoms with E-state index in [0.29, 0.717) is 65.5 Å². The predicted octanol–water partition coefficient (Wildman–Crippen LogP) is 9.08. The Morgan fingerprint density at radius 3 is 2.31 bits per heavy atom. The number of halogens is 1. The van der Waals surface area contributed by atoms with Gasteiger partial charge in [-0.15, -0.1) is 0 Å². The molecule has 5 rings (SSSR count). The molecule has 0 bridgehead atoms. The minimum Gasteiger partial charge on any atom is -0.457 e. The van der Waals surface area contributed by atoms with E-state index in [-0.39, 0.29) is 35.8 Å². The lowest BCUT2D eigenvalue weighted by molar-refractivity contribution is 0.0972. The molecule has 0 fully saturated rings. The summed E-state index contributed by atoms with van der Waals surface area (Å²) < 4.78 is 57.2. The summed E-state index contributed by atoms with van der Waals surface area (Å²) in [6.07, 6.45) is 2.87. The maximum atomic E-state index is 16.0. The SMILES string of the molecule is CCCCOC(=O)NS(=O)(=O)c1ccccc1-c1ccc(Cn2c(CCC)nc(CC)c2C(=O)CCc2ccccc2Oc2ccccc2)c(F)c1. The average Bonchev–Trinajstić information content (AvgIpc) is 3.49. The highest BCUT2D eigenvalue weighted by Gasteiger charge is 2.25. The number of nitrogens with one attached hydrogen (secondary N) is 1. The Balaban J connectivity index is 1.40. The van der Waals surface area contributed by atoms with Gasteiger partial charge in [0, 0.05) is 24.0 Å². The van der Waals surface area contributed by atoms with Gasteiger partial charge in [-0.2, -0.15) is 0 Å². The van der Waals surface area contributed by atoms with Crippen LogP contribution in [-0.4, -0.2) is 36.5 Å². The molecule has 0 aliphatic rings. The van der Waals surface area contributed by atoms with Gasteiger partial charge in [0.1, 0.15) is 28.8 Å². The summed E-state index contributed by atoms with van der Waals surface area (Å²) in [5.41, 5.74) is 2.86. The van der Waals surface area contributed by atoms with Gasteiger partial charge in [-0.1, -0.05) is 93.9 Å². The molecule has 0 spiro atoms. The van der Waals surface area contributed by atoms with Crippen LogP contribution in [0.5, 0.6) is 11.5 Å². The van der Waals surface area contributed by atoms with Gasteiger partial charge in [-0.25, -0.2) is 27.3 Å². The second-order valence-corrected chi connectivity index (χ2v) is 14.0. The van der Waals surface area contributed by atoms with Crippen LogP contribution in [0.3, 0.4) is 0 Å². The number of benzene rings is 4. The molecular formula is C41H44FN3O6S. The molecule has 52 heavy (non-hydrogen) atoms. The number of aromatic nitrogens is 2. The molecular weight excluding hydrogens is 682 g/mol. The molecule has 0 radical (unpaired) electrons. The summed E-state index contributed by atoms with van der Waals surface area (Å²) >= 11 is 0. The van der Waals surface area contributed by atoms with Crippen LogP contribution < -0.4 is 9.46 Å². The van der Waals surface area contributed by atoms with Crippen molar-refractivity contribution in [2.24, 2.45) is 0 Å². The Labute approximate surface area is 304 Å². The zero-order chi connectivity index (χ0) is 37.1. The quantitative estimate of drug-likeness (QED) is 0.0751. The van der Waals surface area contributed by atoms with E-state index >= 15 is 4.39 Å². The largest absolute Gasteiger partial charge is 0.457 e. The van der Waals surface area contributed by atoms with Gasteiger partial charge in [0.05, 0.1) is 23.7 Å². The number of carbonyl (C=O) groups is 2. The third-order valence-corrected chi connectivity index (χ3v) is 9.94. The maximum Gasteiger partial charge on any atom is 0.421 e. The first-order valence-corrected chi connectivity index (χ1v) is 19.1. The molecule has 0 unspecified atom stereocenters. The second-order valence-electron chi connectivity index (χ2n) is 12.4. The van der Waals surface area contributed by atoms with Gasteiger partial charge < -0.3 is 14.0 Å². The molecule has 9 nitrogen and oxygen atoms in total. The Morgan fingerprint density at radius 1 is 0.846 bits per heavy atom. The third kappa shape index (κ3) is 9.33. The van der Waals surface area contributed by atoms with Crippen LogP contribution in [0.4, 0.5) is 9.18 Å². The van der Waals surface area contributed by atoms with Gasteiger partial charge in [0.15, 0.2) is 5.78 Å². The van der Waals surface area contributed by atoms with E-state index in [4.69, 9.17) is 14.5 Å². The lowest BCUT2D eigenvalue weighted by atomic mass is 10.0. The summed E-state index contributed by atoms with van der Waals surface area (Å²) in [5.74, 6) is 1.41. The zero-order valence-corrected chi connectivity index (χ0v) is 30.5. The van der Waals surface area contributed by atoms with E-state index in [0.717, 1.165) is 18.4 Å². The molecule has 4 aromatic carbocycles. The lowest BCUT2D eigenvalue weighted by Crippen LogP contribution is -2.31. The van der Waals surface area contributed by atoms with Crippen LogP contribution in [-0.2, 0) is 40.6 Å². The Hall–Kier alpha value is -5.29. The van der Waals surface area contributed by atoms with Crippen molar-refractivity contribution in [1.82, 2.24) is 14.3 Å². The van der Waals surface area contributed by atoms with Crippen LogP contribution in [0.2, 0.25) is 0 Å². The average molecular weight is 726 g/mol. The Kier molecular flexibility index (Phi) is 13.0. The van der Waals surface area contributed by atoms with Crippen LogP contribution in [0, 0.1) is 5.82 Å². The number of carbonyl (C=O) groups excluding carboxylic acids is 2. The summed E-state index contributed by atoms with van der Waals surface area (Å²) in [6, 6.07) is 27.7. The normalized spacial score (nSPS) is 11.3. The lowest BCUT2D eigenvalue weighted by Gasteiger charge is -2.15. The maximum absolute atomic E-state index is 16.0. The predicted molar refractivity (Wildman–Crippen MR) is 199 cm³/mol. The Morgan fingerprint density at radius 2 is 1.58 bits per heavy atom. The van der Waals surface area contributed by atoms with Crippen molar-refractivity contribution in [3.8, 4) is 22.6 Å². The van der Waals surface area contributed by atoms with Crippen LogP contribution in [0.15, 0.2) is 102 Å². The van der Waals surface area contributed by atoms with Crippen molar-refractivity contribution in [2.75, 3.05) is 6.61 Å². The van der Waals surface area contributed by atoms with Crippen molar-refractivity contribution in [3.63, 3.8) is 0 Å². The monoisotopic (exact) mass is 725 g/mol. The van der Waals surface area contributed by atoms with Gasteiger partial charge in [0.2, 0.25) is 0 Å². The number of rotatable bonds is 17. The molecule has 1 amide bonds. The van der Waals surface area contributed by atoms with Crippen LogP contribution in [0.1, 0.15) is 79.6 Å². The molecule has 1 heterocycles. The molecule has 0 aliphatic heterocycles. The number of sulfonamides is 1. The fraction of sp³-hybridized carbons (Fsp3) is 0.293. The van der Waals surface area contributed by atoms with Crippen LogP contribution >= 0.6 is 0 Å². The van der Waals surface area contributed by atoms with Crippen molar-refractivity contribution >= 4 is 21.9 Å². The number of ketones is 1. The molecule has 0 saturated carbocycles. The number of Topliss-reactive ketones (excluding diaryl/α,β-unsaturated/α-hetero) is 1. The number of hydrogen-bond acceptors (Lipinski definition) is 7. The van der Waals surface area contributed by atoms with E-state index < -0.39 is 21.9 Å². The van der Waals surface area contributed by atoms with Crippen LogP contribution in [0.25, 0.3) is 11.1 Å². The van der Waals surface area contributed by atoms with Crippen molar-refractivity contribution in [3.05, 3.63) is 131 Å². The van der Waals surface area contributed by atoms with E-state index in [1.165, 1.54) is 18.2 Å². The second kappa shape index (κ2) is 17.8. The number of amides is 1. The summed E-state index contributed by atoms with van der Waals surface area (Å²) in [5, 5.41) is 0. The van der Waals surface area contributed by atoms with Gasteiger partial charge >= 0.3 is 6.09 Å². The first kappa shape index (κ1) is 38.0. The fourth-order valence-electron chi connectivity index (χ4n) is 5.94. The van der Waals surface area contributed by atoms with Gasteiger partial charge in [0.25, 0.3) is 10.0 Å². The smallest absolute Gasteiger partial charge is 0.421 e. The number of para-hydroxylation sites is 2. The molecule has 0 atom stereocenters. The van der Waals surface area contributed by atoms with Crippen molar-refractivity contribution < 1.29 is 31.9 Å². The van der Waals surface area contributed by atoms with Crippen molar-refractivity contribution in [1.29, 1.82) is 0 Å². The molecule has 5 aromatic rings. The van der Waals surface area contributed by atoms with Gasteiger partial charge in [-0.3, -0.25) is 4.79 Å². The summed E-state index contributed by atoms with van der Waals surface area (Å²) in [7, 11) is -4.32. The third-order valence-electron chi connectivity index (χ3n) is 8.57. The highest BCUT2D eigenvalue weighted by Crippen LogP contribution is 2.31. The first-order chi connectivity index (χ1) is 25.1. The molecule has 0 aliphatic carbocycles. The number of hydrogen-bond donors (Lipinski definition) is 1. The van der Waals surface area contributed by atoms with E-state index in [1.807, 2.05) is 84.7 Å². The number of ether oxygens (including phenoxy) is 2. The minimum absolute atomic E-state index is 0.0638. The molecule has 272 valence electrons. The van der Waals surface area contributed by atoms with E-state index in [1.54, 1.807) is 24.3 Å². The van der Waals surface area contributed by atoms with E-state index in [9.17, 15) is 18.0 Å². The Bertz CT molecular complexity index is 2110. The standard InChI is InChI=1S/C41H44FN3O6S/c1-4-7-26-50-41(47)44-52(48,49)38-21-14-12-19-33(38)30-22-23-31(34(42)27-30)28-45-39(15-5-2)43-35(6-3)40(45)36(46)25-24-29-16-11-13-20-37(29)51-32-17-9-8-10-18-32/h8-14,16-23,27H,4-7,15,24-26,28H2,1-3H3,(H,44,47). The van der Waals surface area contributed by atoms with Gasteiger partial charge in [-0.05, 0) is 67.1 Å². The summed E-state index contributed by atoms with van der Waals surface area (Å²) in [6.45, 7) is 6.05. The number of nitrogens with zero attached hydrogens (tertiary/aromatic N) is 2.